The quantitative estimate of drug-likeness (QED) is 0.626. The number of nitrogens with zero attached hydrogens (tertiary/aromatic N) is 5. The van der Waals surface area contributed by atoms with Gasteiger partial charge in [0.2, 0.25) is 0 Å². The average Bonchev–Trinajstić information content (AvgIpc) is 2.87. The van der Waals surface area contributed by atoms with E-state index >= 15 is 0 Å². The van der Waals surface area contributed by atoms with E-state index in [9.17, 15) is 0 Å². The van der Waals surface area contributed by atoms with Crippen molar-refractivity contribution in [1.29, 1.82) is 0 Å². The molecule has 5 rings (SSSR count). The first kappa shape index (κ1) is 21.7. The Hall–Kier alpha value is -3.12. The maximum Gasteiger partial charge on any atom is 0.157 e. The molecule has 2 saturated heterocycles. The van der Waals surface area contributed by atoms with Gasteiger partial charge < -0.3 is 15.5 Å². The first-order valence-corrected chi connectivity index (χ1v) is 12.2. The molecule has 0 atom stereocenters. The fourth-order valence-electron chi connectivity index (χ4n) is 5.14. The van der Waals surface area contributed by atoms with E-state index in [1.165, 1.54) is 24.0 Å². The van der Waals surface area contributed by atoms with Gasteiger partial charge >= 0.3 is 0 Å². The van der Waals surface area contributed by atoms with E-state index in [2.05, 4.69) is 85.3 Å². The van der Waals surface area contributed by atoms with Crippen LogP contribution in [0.4, 0.5) is 17.3 Å². The average molecular weight is 443 g/mol. The van der Waals surface area contributed by atoms with E-state index in [1.54, 1.807) is 6.33 Å². The molecule has 33 heavy (non-hydrogen) atoms. The molecule has 0 saturated carbocycles. The number of rotatable bonds is 6. The summed E-state index contributed by atoms with van der Waals surface area (Å²) < 4.78 is 0. The lowest BCUT2D eigenvalue weighted by Crippen LogP contribution is -2.46. The highest BCUT2D eigenvalue weighted by molar-refractivity contribution is 5.76. The van der Waals surface area contributed by atoms with Crippen molar-refractivity contribution in [1.82, 2.24) is 14.9 Å². The van der Waals surface area contributed by atoms with E-state index in [0.717, 1.165) is 75.5 Å². The predicted octanol–water partition coefficient (Wildman–Crippen LogP) is 3.84. The summed E-state index contributed by atoms with van der Waals surface area (Å²) in [5.41, 5.74) is 10.2. The third kappa shape index (κ3) is 5.28. The van der Waals surface area contributed by atoms with Crippen LogP contribution in [0.25, 0.3) is 0 Å². The van der Waals surface area contributed by atoms with E-state index < -0.39 is 0 Å². The highest BCUT2D eigenvalue weighted by Gasteiger charge is 2.26. The molecule has 0 aliphatic carbocycles. The summed E-state index contributed by atoms with van der Waals surface area (Å²) in [6.07, 6.45) is 5.19. The van der Waals surface area contributed by atoms with Crippen LogP contribution in [0.1, 0.15) is 24.0 Å². The lowest BCUT2D eigenvalue weighted by Gasteiger charge is -2.37. The molecule has 0 spiro atoms. The Morgan fingerprint density at radius 2 is 1.24 bits per heavy atom. The Labute approximate surface area is 197 Å². The molecule has 172 valence electrons. The van der Waals surface area contributed by atoms with Crippen LogP contribution >= 0.6 is 0 Å². The third-order valence-electron chi connectivity index (χ3n) is 7.04. The summed E-state index contributed by atoms with van der Waals surface area (Å²) in [5, 5.41) is 0. The number of nitrogen functional groups attached to an aromatic ring is 1. The molecule has 6 nitrogen and oxygen atoms in total. The Morgan fingerprint density at radius 1 is 0.697 bits per heavy atom. The lowest BCUT2D eigenvalue weighted by atomic mass is 9.90. The second kappa shape index (κ2) is 10.2. The van der Waals surface area contributed by atoms with Crippen LogP contribution < -0.4 is 15.5 Å². The van der Waals surface area contributed by atoms with E-state index in [1.807, 2.05) is 0 Å². The van der Waals surface area contributed by atoms with Crippen molar-refractivity contribution in [3.63, 3.8) is 0 Å². The molecule has 2 N–H and O–H groups in total. The number of hydrogen-bond donors (Lipinski definition) is 1. The topological polar surface area (TPSA) is 61.5 Å². The number of piperidine rings is 1. The van der Waals surface area contributed by atoms with Gasteiger partial charge in [-0.1, -0.05) is 60.7 Å². The molecule has 0 radical (unpaired) electrons. The fraction of sp³-hybridized carbons (Fsp3) is 0.407. The number of nitrogens with two attached hydrogens (primary N) is 1. The normalized spacial score (nSPS) is 17.9. The van der Waals surface area contributed by atoms with Crippen LogP contribution in [0, 0.1) is 5.92 Å². The molecule has 1 aromatic heterocycles. The number of anilines is 3. The first-order chi connectivity index (χ1) is 16.3. The zero-order valence-corrected chi connectivity index (χ0v) is 19.3. The molecule has 2 fully saturated rings. The Bertz CT molecular complexity index is 930. The number of benzene rings is 2. The first-order valence-electron chi connectivity index (χ1n) is 12.2. The minimum atomic E-state index is 0.726. The maximum absolute atomic E-state index is 6.64. The van der Waals surface area contributed by atoms with Gasteiger partial charge in [0, 0.05) is 45.8 Å². The van der Waals surface area contributed by atoms with Crippen LogP contribution in [0.3, 0.4) is 0 Å². The number of piperazine rings is 1. The summed E-state index contributed by atoms with van der Waals surface area (Å²) in [7, 11) is 0. The molecule has 3 aromatic rings. The Balaban J connectivity index is 1.18. The van der Waals surface area contributed by atoms with Gasteiger partial charge in [-0.2, -0.15) is 0 Å². The SMILES string of the molecule is Nc1c(N2CCC(Cc3ccccc3)CC2)ncnc1N1CCN(Cc2ccccc2)CC1. The molecule has 2 aromatic carbocycles. The van der Waals surface area contributed by atoms with E-state index in [0.29, 0.717) is 0 Å². The molecule has 0 amide bonds. The highest BCUT2D eigenvalue weighted by atomic mass is 15.3. The number of hydrogen-bond acceptors (Lipinski definition) is 6. The van der Waals surface area contributed by atoms with Gasteiger partial charge in [-0.25, -0.2) is 9.97 Å². The molecule has 2 aliphatic rings. The van der Waals surface area contributed by atoms with Crippen LogP contribution in [0.5, 0.6) is 0 Å². The molecular weight excluding hydrogens is 408 g/mol. The predicted molar refractivity (Wildman–Crippen MR) is 135 cm³/mol. The van der Waals surface area contributed by atoms with Gasteiger partial charge in [0.05, 0.1) is 0 Å². The highest BCUT2D eigenvalue weighted by Crippen LogP contribution is 2.32. The van der Waals surface area contributed by atoms with Crippen molar-refractivity contribution in [2.75, 3.05) is 54.8 Å². The van der Waals surface area contributed by atoms with Crippen molar-refractivity contribution < 1.29 is 0 Å². The zero-order valence-electron chi connectivity index (χ0n) is 19.3. The summed E-state index contributed by atoms with van der Waals surface area (Å²) >= 11 is 0. The van der Waals surface area contributed by atoms with Crippen molar-refractivity contribution in [2.45, 2.75) is 25.8 Å². The van der Waals surface area contributed by atoms with Crippen LogP contribution in [-0.2, 0) is 13.0 Å². The smallest absolute Gasteiger partial charge is 0.157 e. The van der Waals surface area contributed by atoms with E-state index in [-0.39, 0.29) is 0 Å². The standard InChI is InChI=1S/C27H34N6/c28-25-26(32-13-11-23(12-14-32)19-22-7-3-1-4-8-22)29-21-30-27(25)33-17-15-31(16-18-33)20-24-9-5-2-6-10-24/h1-10,21,23H,11-20,28H2. The van der Waals surface area contributed by atoms with Gasteiger partial charge in [0.15, 0.2) is 11.6 Å². The summed E-state index contributed by atoms with van der Waals surface area (Å²) in [4.78, 5) is 16.4. The largest absolute Gasteiger partial charge is 0.393 e. The molecule has 3 heterocycles. The fourth-order valence-corrected chi connectivity index (χ4v) is 5.14. The molecule has 6 heteroatoms. The van der Waals surface area contributed by atoms with Crippen LogP contribution in [0.15, 0.2) is 67.0 Å². The Morgan fingerprint density at radius 3 is 1.85 bits per heavy atom. The second-order valence-corrected chi connectivity index (χ2v) is 9.30. The van der Waals surface area contributed by atoms with Gasteiger partial charge in [-0.05, 0) is 36.3 Å². The Kier molecular flexibility index (Phi) is 6.72. The minimum Gasteiger partial charge on any atom is -0.393 e. The summed E-state index contributed by atoms with van der Waals surface area (Å²) in [6.45, 7) is 6.90. The maximum atomic E-state index is 6.64. The lowest BCUT2D eigenvalue weighted by molar-refractivity contribution is 0.249. The van der Waals surface area contributed by atoms with Crippen molar-refractivity contribution in [3.05, 3.63) is 78.1 Å². The van der Waals surface area contributed by atoms with Gasteiger partial charge in [0.25, 0.3) is 0 Å². The third-order valence-corrected chi connectivity index (χ3v) is 7.04. The molecule has 0 unspecified atom stereocenters. The minimum absolute atomic E-state index is 0.726. The van der Waals surface area contributed by atoms with Crippen molar-refractivity contribution >= 4 is 17.3 Å². The van der Waals surface area contributed by atoms with Gasteiger partial charge in [0.1, 0.15) is 12.0 Å². The van der Waals surface area contributed by atoms with Crippen molar-refractivity contribution in [2.24, 2.45) is 5.92 Å². The molecular formula is C27H34N6. The summed E-state index contributed by atoms with van der Waals surface area (Å²) in [5.74, 6) is 2.53. The zero-order chi connectivity index (χ0) is 22.5. The van der Waals surface area contributed by atoms with Gasteiger partial charge in [-0.15, -0.1) is 0 Å². The van der Waals surface area contributed by atoms with E-state index in [4.69, 9.17) is 5.73 Å². The number of aromatic nitrogens is 2. The molecule has 0 bridgehead atoms. The summed E-state index contributed by atoms with van der Waals surface area (Å²) in [6, 6.07) is 21.5. The van der Waals surface area contributed by atoms with Gasteiger partial charge in [-0.3, -0.25) is 4.90 Å². The monoisotopic (exact) mass is 442 g/mol. The van der Waals surface area contributed by atoms with Crippen molar-refractivity contribution in [3.8, 4) is 0 Å². The van der Waals surface area contributed by atoms with Crippen LogP contribution in [-0.4, -0.2) is 54.1 Å². The molecule has 2 aliphatic heterocycles. The van der Waals surface area contributed by atoms with Crippen LogP contribution in [0.2, 0.25) is 0 Å². The second-order valence-electron chi connectivity index (χ2n) is 9.30.